The molecule has 4 heteroatoms. The summed E-state index contributed by atoms with van der Waals surface area (Å²) in [6.45, 7) is 1.04. The van der Waals surface area contributed by atoms with E-state index in [0.29, 0.717) is 6.04 Å². The van der Waals surface area contributed by atoms with Crippen LogP contribution in [-0.4, -0.2) is 28.6 Å². The lowest BCUT2D eigenvalue weighted by Crippen LogP contribution is -2.32. The molecular weight excluding hydrogens is 204 g/mol. The van der Waals surface area contributed by atoms with Gasteiger partial charge in [-0.1, -0.05) is 6.07 Å². The normalized spacial score (nSPS) is 27.4. The van der Waals surface area contributed by atoms with Crippen LogP contribution < -0.4 is 4.90 Å². The topological polar surface area (TPSA) is 53.4 Å². The van der Waals surface area contributed by atoms with Crippen LogP contribution in [0.15, 0.2) is 18.2 Å². The van der Waals surface area contributed by atoms with Gasteiger partial charge in [0.05, 0.1) is 0 Å². The van der Waals surface area contributed by atoms with Crippen LogP contribution in [0.5, 0.6) is 0 Å². The molecule has 0 aromatic carbocycles. The smallest absolute Gasteiger partial charge is 0.354 e. The molecule has 4 nitrogen and oxygen atoms in total. The van der Waals surface area contributed by atoms with E-state index >= 15 is 0 Å². The molecule has 1 saturated heterocycles. The van der Waals surface area contributed by atoms with E-state index < -0.39 is 5.97 Å². The number of carboxylic acids is 1. The third kappa shape index (κ3) is 1.45. The first-order valence-electron chi connectivity index (χ1n) is 5.71. The molecule has 16 heavy (non-hydrogen) atoms. The zero-order valence-electron chi connectivity index (χ0n) is 8.97. The maximum absolute atomic E-state index is 10.8. The standard InChI is InChI=1S/C12H14N2O2/c15-12(16)10-2-1-3-11(13-10)14-7-8-4-5-9(14)6-8/h1-3,8-9H,4-7H2,(H,15,16). The summed E-state index contributed by atoms with van der Waals surface area (Å²) in [4.78, 5) is 17.3. The molecule has 1 aromatic heterocycles. The van der Waals surface area contributed by atoms with Crippen LogP contribution >= 0.6 is 0 Å². The first kappa shape index (κ1) is 9.63. The lowest BCUT2D eigenvalue weighted by Gasteiger charge is -2.28. The van der Waals surface area contributed by atoms with Gasteiger partial charge in [-0.05, 0) is 37.3 Å². The third-order valence-corrected chi connectivity index (χ3v) is 3.66. The van der Waals surface area contributed by atoms with Gasteiger partial charge in [-0.3, -0.25) is 0 Å². The van der Waals surface area contributed by atoms with Crippen LogP contribution in [0.3, 0.4) is 0 Å². The zero-order chi connectivity index (χ0) is 11.1. The van der Waals surface area contributed by atoms with Crippen LogP contribution in [0.2, 0.25) is 0 Å². The van der Waals surface area contributed by atoms with Crippen molar-refractivity contribution in [3.8, 4) is 0 Å². The molecule has 2 aliphatic rings. The lowest BCUT2D eigenvalue weighted by atomic mass is 10.1. The van der Waals surface area contributed by atoms with Gasteiger partial charge in [0.25, 0.3) is 0 Å². The van der Waals surface area contributed by atoms with Gasteiger partial charge in [0.2, 0.25) is 0 Å². The number of nitrogens with zero attached hydrogens (tertiary/aromatic N) is 2. The van der Waals surface area contributed by atoms with E-state index in [1.54, 1.807) is 12.1 Å². The van der Waals surface area contributed by atoms with E-state index in [1.165, 1.54) is 19.3 Å². The van der Waals surface area contributed by atoms with Crippen molar-refractivity contribution >= 4 is 11.8 Å². The Morgan fingerprint density at radius 2 is 2.31 bits per heavy atom. The van der Waals surface area contributed by atoms with Crippen LogP contribution in [0.1, 0.15) is 29.8 Å². The number of hydrogen-bond acceptors (Lipinski definition) is 3. The number of pyridine rings is 1. The molecule has 1 saturated carbocycles. The van der Waals surface area contributed by atoms with Gasteiger partial charge in [-0.15, -0.1) is 0 Å². The summed E-state index contributed by atoms with van der Waals surface area (Å²) in [7, 11) is 0. The Kier molecular flexibility index (Phi) is 2.09. The van der Waals surface area contributed by atoms with Gasteiger partial charge in [-0.2, -0.15) is 0 Å². The van der Waals surface area contributed by atoms with Gasteiger partial charge in [0.15, 0.2) is 5.69 Å². The van der Waals surface area contributed by atoms with E-state index in [2.05, 4.69) is 9.88 Å². The Bertz CT molecular complexity index is 433. The van der Waals surface area contributed by atoms with Gasteiger partial charge < -0.3 is 10.0 Å². The Balaban J connectivity index is 1.89. The summed E-state index contributed by atoms with van der Waals surface area (Å²) in [5.41, 5.74) is 0.139. The van der Waals surface area contributed by atoms with Crippen molar-refractivity contribution in [1.82, 2.24) is 4.98 Å². The number of rotatable bonds is 2. The highest BCUT2D eigenvalue weighted by atomic mass is 16.4. The van der Waals surface area contributed by atoms with Gasteiger partial charge >= 0.3 is 5.97 Å². The molecule has 1 N–H and O–H groups in total. The minimum Gasteiger partial charge on any atom is -0.477 e. The minimum absolute atomic E-state index is 0.139. The van der Waals surface area contributed by atoms with Crippen LogP contribution in [0, 0.1) is 5.92 Å². The van der Waals surface area contributed by atoms with Crippen molar-refractivity contribution in [1.29, 1.82) is 0 Å². The number of piperidine rings is 1. The van der Waals surface area contributed by atoms with E-state index in [1.807, 2.05) is 6.07 Å². The Hall–Kier alpha value is -1.58. The Morgan fingerprint density at radius 1 is 1.44 bits per heavy atom. The quantitative estimate of drug-likeness (QED) is 0.822. The molecule has 0 amide bonds. The predicted octanol–water partition coefficient (Wildman–Crippen LogP) is 1.77. The Morgan fingerprint density at radius 3 is 2.94 bits per heavy atom. The summed E-state index contributed by atoms with van der Waals surface area (Å²) in [6.07, 6.45) is 3.79. The highest BCUT2D eigenvalue weighted by Crippen LogP contribution is 2.39. The van der Waals surface area contributed by atoms with Crippen molar-refractivity contribution in [3.05, 3.63) is 23.9 Å². The second kappa shape index (κ2) is 3.47. The molecule has 3 rings (SSSR count). The predicted molar refractivity (Wildman–Crippen MR) is 59.7 cm³/mol. The molecular formula is C12H14N2O2. The van der Waals surface area contributed by atoms with E-state index in [0.717, 1.165) is 18.3 Å². The average molecular weight is 218 g/mol. The SMILES string of the molecule is O=C(O)c1cccc(N2CC3CCC2C3)n1. The van der Waals surface area contributed by atoms with E-state index in [-0.39, 0.29) is 5.69 Å². The van der Waals surface area contributed by atoms with Gasteiger partial charge in [0.1, 0.15) is 5.82 Å². The number of aromatic carboxylic acids is 1. The third-order valence-electron chi connectivity index (χ3n) is 3.66. The van der Waals surface area contributed by atoms with Crippen molar-refractivity contribution in [3.63, 3.8) is 0 Å². The molecule has 2 fully saturated rings. The molecule has 1 aromatic rings. The van der Waals surface area contributed by atoms with Crippen LogP contribution in [0.4, 0.5) is 5.82 Å². The van der Waals surface area contributed by atoms with E-state index in [4.69, 9.17) is 5.11 Å². The average Bonchev–Trinajstić information content (AvgIpc) is 2.91. The lowest BCUT2D eigenvalue weighted by molar-refractivity contribution is 0.0690. The molecule has 1 aliphatic heterocycles. The number of carbonyl (C=O) groups is 1. The van der Waals surface area contributed by atoms with Crippen LogP contribution in [-0.2, 0) is 0 Å². The summed E-state index contributed by atoms with van der Waals surface area (Å²) < 4.78 is 0. The summed E-state index contributed by atoms with van der Waals surface area (Å²) in [5.74, 6) is 0.665. The van der Waals surface area contributed by atoms with Crippen molar-refractivity contribution in [2.24, 2.45) is 5.92 Å². The first-order chi connectivity index (χ1) is 7.74. The molecule has 2 atom stereocenters. The molecule has 2 bridgehead atoms. The van der Waals surface area contributed by atoms with Crippen LogP contribution in [0.25, 0.3) is 0 Å². The number of aromatic nitrogens is 1. The van der Waals surface area contributed by atoms with E-state index in [9.17, 15) is 4.79 Å². The fourth-order valence-electron chi connectivity index (χ4n) is 2.91. The summed E-state index contributed by atoms with van der Waals surface area (Å²) in [5, 5.41) is 8.90. The second-order valence-electron chi connectivity index (χ2n) is 4.67. The second-order valence-corrected chi connectivity index (χ2v) is 4.67. The molecule has 2 unspecified atom stereocenters. The van der Waals surface area contributed by atoms with Crippen molar-refractivity contribution < 1.29 is 9.90 Å². The molecule has 1 aliphatic carbocycles. The highest BCUT2D eigenvalue weighted by molar-refractivity contribution is 5.85. The number of hydrogen-bond donors (Lipinski definition) is 1. The van der Waals surface area contributed by atoms with Gasteiger partial charge in [-0.25, -0.2) is 9.78 Å². The molecule has 0 spiro atoms. The monoisotopic (exact) mass is 218 g/mol. The fraction of sp³-hybridized carbons (Fsp3) is 0.500. The zero-order valence-corrected chi connectivity index (χ0v) is 8.97. The summed E-state index contributed by atoms with van der Waals surface area (Å²) in [6, 6.07) is 5.81. The number of fused-ring (bicyclic) bond motifs is 2. The highest BCUT2D eigenvalue weighted by Gasteiger charge is 2.38. The van der Waals surface area contributed by atoms with Gasteiger partial charge in [0, 0.05) is 12.6 Å². The first-order valence-corrected chi connectivity index (χ1v) is 5.71. The van der Waals surface area contributed by atoms with Crippen molar-refractivity contribution in [2.75, 3.05) is 11.4 Å². The largest absolute Gasteiger partial charge is 0.477 e. The molecule has 2 heterocycles. The maximum Gasteiger partial charge on any atom is 0.354 e. The fourth-order valence-corrected chi connectivity index (χ4v) is 2.91. The maximum atomic E-state index is 10.8. The molecule has 0 radical (unpaired) electrons. The summed E-state index contributed by atoms with van der Waals surface area (Å²) >= 11 is 0. The number of carboxylic acid groups (broad SMARTS) is 1. The number of anilines is 1. The molecule has 84 valence electrons. The Labute approximate surface area is 93.9 Å². The minimum atomic E-state index is -0.953. The van der Waals surface area contributed by atoms with Crippen molar-refractivity contribution in [2.45, 2.75) is 25.3 Å².